The Morgan fingerprint density at radius 1 is 0.653 bits per heavy atom. The molecule has 0 N–H and O–H groups in total. The molecule has 0 saturated carbocycles. The number of fused-ring (bicyclic) bond motifs is 5. The van der Waals surface area contributed by atoms with Gasteiger partial charge in [0.25, 0.3) is 0 Å². The van der Waals surface area contributed by atoms with Crippen LogP contribution < -0.4 is 14.2 Å². The van der Waals surface area contributed by atoms with Gasteiger partial charge in [-0.1, -0.05) is 60.7 Å². The molecular formula is C43H37NO5. The minimum Gasteiger partial charge on any atom is -0.490 e. The Bertz CT molecular complexity index is 2230. The van der Waals surface area contributed by atoms with Crippen LogP contribution in [0, 0.1) is 0 Å². The Morgan fingerprint density at radius 3 is 1.90 bits per heavy atom. The van der Waals surface area contributed by atoms with Crippen LogP contribution in [0.5, 0.6) is 17.2 Å². The van der Waals surface area contributed by atoms with Crippen molar-refractivity contribution in [2.24, 2.45) is 0 Å². The third-order valence-electron chi connectivity index (χ3n) is 9.34. The van der Waals surface area contributed by atoms with E-state index in [1.54, 1.807) is 0 Å². The van der Waals surface area contributed by atoms with Gasteiger partial charge in [0.15, 0.2) is 5.78 Å². The zero-order valence-corrected chi connectivity index (χ0v) is 27.4. The van der Waals surface area contributed by atoms with Gasteiger partial charge in [-0.3, -0.25) is 4.79 Å². The Hall–Kier alpha value is -5.59. The van der Waals surface area contributed by atoms with Gasteiger partial charge < -0.3 is 23.5 Å². The lowest BCUT2D eigenvalue weighted by Crippen LogP contribution is -2.35. The van der Waals surface area contributed by atoms with Crippen LogP contribution >= 0.6 is 0 Å². The van der Waals surface area contributed by atoms with Crippen LogP contribution in [0.15, 0.2) is 132 Å². The van der Waals surface area contributed by atoms with Crippen molar-refractivity contribution >= 4 is 38.5 Å². The second-order valence-corrected chi connectivity index (χ2v) is 12.8. The molecule has 0 unspecified atom stereocenters. The number of furan rings is 1. The van der Waals surface area contributed by atoms with E-state index in [1.165, 1.54) is 0 Å². The van der Waals surface area contributed by atoms with E-state index in [1.807, 2.05) is 127 Å². The second kappa shape index (κ2) is 13.5. The number of carbonyl (C=O) groups excluding carboxylic acids is 1. The van der Waals surface area contributed by atoms with Crippen molar-refractivity contribution in [2.75, 3.05) is 20.1 Å². The lowest BCUT2D eigenvalue weighted by atomic mass is 9.94. The van der Waals surface area contributed by atoms with E-state index in [2.05, 4.69) is 11.9 Å². The van der Waals surface area contributed by atoms with Crippen molar-refractivity contribution in [3.05, 3.63) is 150 Å². The number of hydrogen-bond donors (Lipinski definition) is 0. The summed E-state index contributed by atoms with van der Waals surface area (Å²) in [6, 6.07) is 41.4. The lowest BCUT2D eigenvalue weighted by Gasteiger charge is -2.29. The number of ether oxygens (including phenoxy) is 3. The van der Waals surface area contributed by atoms with Gasteiger partial charge >= 0.3 is 0 Å². The van der Waals surface area contributed by atoms with Crippen LogP contribution in [0.1, 0.15) is 39.9 Å². The van der Waals surface area contributed by atoms with Crippen molar-refractivity contribution in [3.8, 4) is 17.2 Å². The molecule has 244 valence electrons. The molecule has 2 heterocycles. The van der Waals surface area contributed by atoms with E-state index in [4.69, 9.17) is 18.6 Å². The van der Waals surface area contributed by atoms with Gasteiger partial charge in [-0.15, -0.1) is 0 Å². The highest BCUT2D eigenvalue weighted by atomic mass is 16.5. The first-order valence-electron chi connectivity index (χ1n) is 16.8. The fourth-order valence-corrected chi connectivity index (χ4v) is 6.63. The molecule has 6 nitrogen and oxygen atoms in total. The highest BCUT2D eigenvalue weighted by molar-refractivity contribution is 6.26. The fraction of sp³-hybridized carbons (Fsp3) is 0.186. The number of nitrogens with zero attached hydrogens (tertiary/aromatic N) is 1. The van der Waals surface area contributed by atoms with E-state index in [0.29, 0.717) is 41.3 Å². The quantitative estimate of drug-likeness (QED) is 0.138. The average molecular weight is 648 g/mol. The number of likely N-dealkylation sites (tertiary alicyclic amines) is 1. The standard InChI is InChI=1S/C43H37NO5/c1-44-22-20-33(21-23-44)48-32-14-12-31(13-15-32)43(45)39-26-41-42(36-18-16-34(24-38(36)39)46-27-29-8-4-2-5-9-29)37-19-17-35(25-40(37)49-41)47-28-30-10-6-3-7-11-30/h2-19,24-26,33H,20-23,27-28H2,1H3. The number of rotatable bonds is 10. The molecule has 0 amide bonds. The Labute approximate surface area is 285 Å². The van der Waals surface area contributed by atoms with Gasteiger partial charge in [-0.2, -0.15) is 0 Å². The number of ketones is 1. The average Bonchev–Trinajstić information content (AvgIpc) is 3.52. The molecule has 0 bridgehead atoms. The first kappa shape index (κ1) is 30.7. The van der Waals surface area contributed by atoms with Crippen LogP contribution in [0.25, 0.3) is 32.7 Å². The molecule has 0 spiro atoms. The van der Waals surface area contributed by atoms with E-state index in [0.717, 1.165) is 70.1 Å². The Balaban J connectivity index is 1.15. The van der Waals surface area contributed by atoms with Gasteiger partial charge in [-0.05, 0) is 102 Å². The predicted molar refractivity (Wildman–Crippen MR) is 194 cm³/mol. The zero-order valence-electron chi connectivity index (χ0n) is 27.4. The number of benzene rings is 6. The molecule has 1 aromatic heterocycles. The van der Waals surface area contributed by atoms with Crippen LogP contribution in [0.4, 0.5) is 0 Å². The molecule has 0 atom stereocenters. The maximum Gasteiger partial charge on any atom is 0.193 e. The van der Waals surface area contributed by atoms with Gasteiger partial charge in [0.05, 0.1) is 0 Å². The van der Waals surface area contributed by atoms with Crippen molar-refractivity contribution in [1.29, 1.82) is 0 Å². The topological polar surface area (TPSA) is 61.1 Å². The summed E-state index contributed by atoms with van der Waals surface area (Å²) in [5.74, 6) is 2.10. The van der Waals surface area contributed by atoms with E-state index in [9.17, 15) is 4.79 Å². The van der Waals surface area contributed by atoms with Gasteiger partial charge in [0, 0.05) is 41.1 Å². The summed E-state index contributed by atoms with van der Waals surface area (Å²) in [6.07, 6.45) is 2.18. The third-order valence-corrected chi connectivity index (χ3v) is 9.34. The summed E-state index contributed by atoms with van der Waals surface area (Å²) < 4.78 is 25.0. The third kappa shape index (κ3) is 6.60. The minimum atomic E-state index is -0.0923. The summed E-state index contributed by atoms with van der Waals surface area (Å²) in [5.41, 5.74) is 4.64. The van der Waals surface area contributed by atoms with Crippen molar-refractivity contribution < 1.29 is 23.4 Å². The first-order valence-corrected chi connectivity index (χ1v) is 16.8. The highest BCUT2D eigenvalue weighted by Crippen LogP contribution is 2.40. The summed E-state index contributed by atoms with van der Waals surface area (Å²) in [4.78, 5) is 16.6. The molecule has 1 fully saturated rings. The Morgan fingerprint density at radius 2 is 1.24 bits per heavy atom. The largest absolute Gasteiger partial charge is 0.490 e. The second-order valence-electron chi connectivity index (χ2n) is 12.8. The maximum atomic E-state index is 14.3. The van der Waals surface area contributed by atoms with Crippen molar-refractivity contribution in [1.82, 2.24) is 4.90 Å². The molecule has 0 radical (unpaired) electrons. The minimum absolute atomic E-state index is 0.0923. The summed E-state index contributed by atoms with van der Waals surface area (Å²) in [6.45, 7) is 2.94. The molecule has 6 aromatic carbocycles. The maximum absolute atomic E-state index is 14.3. The first-order chi connectivity index (χ1) is 24.1. The van der Waals surface area contributed by atoms with E-state index in [-0.39, 0.29) is 11.9 Å². The molecule has 6 heteroatoms. The van der Waals surface area contributed by atoms with Gasteiger partial charge in [0.1, 0.15) is 47.7 Å². The Kier molecular flexibility index (Phi) is 8.46. The van der Waals surface area contributed by atoms with Crippen LogP contribution in [-0.2, 0) is 13.2 Å². The molecule has 1 aliphatic rings. The van der Waals surface area contributed by atoms with Crippen LogP contribution in [-0.4, -0.2) is 36.9 Å². The van der Waals surface area contributed by atoms with Crippen LogP contribution in [0.3, 0.4) is 0 Å². The lowest BCUT2D eigenvalue weighted by molar-refractivity contribution is 0.103. The fourth-order valence-electron chi connectivity index (χ4n) is 6.63. The number of carbonyl (C=O) groups is 1. The summed E-state index contributed by atoms with van der Waals surface area (Å²) in [7, 11) is 2.14. The number of hydrogen-bond acceptors (Lipinski definition) is 6. The molecule has 7 aromatic rings. The van der Waals surface area contributed by atoms with Gasteiger partial charge in [0.2, 0.25) is 0 Å². The molecule has 1 saturated heterocycles. The van der Waals surface area contributed by atoms with Gasteiger partial charge in [-0.25, -0.2) is 0 Å². The zero-order chi connectivity index (χ0) is 33.2. The van der Waals surface area contributed by atoms with Crippen molar-refractivity contribution in [3.63, 3.8) is 0 Å². The van der Waals surface area contributed by atoms with Crippen molar-refractivity contribution in [2.45, 2.75) is 32.2 Å². The monoisotopic (exact) mass is 647 g/mol. The predicted octanol–water partition coefficient (Wildman–Crippen LogP) is 9.60. The molecule has 0 aliphatic carbocycles. The molecule has 8 rings (SSSR count). The molecular weight excluding hydrogens is 610 g/mol. The van der Waals surface area contributed by atoms with Crippen LogP contribution in [0.2, 0.25) is 0 Å². The van der Waals surface area contributed by atoms with E-state index >= 15 is 0 Å². The number of piperidine rings is 1. The van der Waals surface area contributed by atoms with E-state index < -0.39 is 0 Å². The highest BCUT2D eigenvalue weighted by Gasteiger charge is 2.21. The SMILES string of the molecule is CN1CCC(Oc2ccc(C(=O)c3cc4oc5cc(OCc6ccccc6)ccc5c4c4ccc(OCc5ccccc5)cc34)cc2)CC1. The molecule has 1 aliphatic heterocycles. The smallest absolute Gasteiger partial charge is 0.193 e. The molecule has 49 heavy (non-hydrogen) atoms. The normalized spacial score (nSPS) is 14.0. The summed E-state index contributed by atoms with van der Waals surface area (Å²) in [5, 5.41) is 3.64. The summed E-state index contributed by atoms with van der Waals surface area (Å²) >= 11 is 0.